The summed E-state index contributed by atoms with van der Waals surface area (Å²) in [5.74, 6) is -0.606. The minimum atomic E-state index is -3.66. The number of hydrogen-bond acceptors (Lipinski definition) is 4. The van der Waals surface area contributed by atoms with Gasteiger partial charge in [-0.25, -0.2) is 12.8 Å². The van der Waals surface area contributed by atoms with Crippen molar-refractivity contribution in [1.82, 2.24) is 9.21 Å². The fourth-order valence-electron chi connectivity index (χ4n) is 3.21. The molecule has 1 saturated heterocycles. The van der Waals surface area contributed by atoms with Crippen LogP contribution >= 0.6 is 0 Å². The third-order valence-electron chi connectivity index (χ3n) is 5.02. The lowest BCUT2D eigenvalue weighted by Crippen LogP contribution is -2.29. The molecular weight excluding hydrogens is 371 g/mol. The Bertz CT molecular complexity index is 931. The molecule has 8 heteroatoms. The van der Waals surface area contributed by atoms with E-state index >= 15 is 0 Å². The maximum Gasteiger partial charge on any atom is 0.289 e. The van der Waals surface area contributed by atoms with Crippen molar-refractivity contribution in [2.75, 3.05) is 20.1 Å². The molecule has 0 radical (unpaired) electrons. The van der Waals surface area contributed by atoms with Crippen molar-refractivity contribution in [3.8, 4) is 0 Å². The van der Waals surface area contributed by atoms with E-state index in [1.165, 1.54) is 27.4 Å². The number of hydrogen-bond donors (Lipinski definition) is 0. The average molecular weight is 394 g/mol. The number of rotatable bonds is 5. The summed E-state index contributed by atoms with van der Waals surface area (Å²) in [7, 11) is -2.06. The summed E-state index contributed by atoms with van der Waals surface area (Å²) in [6.07, 6.45) is 1.67. The Kier molecular flexibility index (Phi) is 5.39. The summed E-state index contributed by atoms with van der Waals surface area (Å²) in [6.45, 7) is 4.32. The van der Waals surface area contributed by atoms with Crippen molar-refractivity contribution < 1.29 is 22.0 Å². The second-order valence-electron chi connectivity index (χ2n) is 6.79. The van der Waals surface area contributed by atoms with Crippen LogP contribution in [0.2, 0.25) is 0 Å². The molecular formula is C19H23FN2O4S. The monoisotopic (exact) mass is 394 g/mol. The molecule has 0 spiro atoms. The van der Waals surface area contributed by atoms with E-state index in [2.05, 4.69) is 0 Å². The van der Waals surface area contributed by atoms with E-state index in [1.807, 2.05) is 6.92 Å². The smallest absolute Gasteiger partial charge is 0.289 e. The van der Waals surface area contributed by atoms with Crippen LogP contribution in [0.25, 0.3) is 0 Å². The highest BCUT2D eigenvalue weighted by atomic mass is 32.2. The van der Waals surface area contributed by atoms with Gasteiger partial charge in [0.15, 0.2) is 5.76 Å². The molecule has 1 unspecified atom stereocenters. The zero-order valence-electron chi connectivity index (χ0n) is 15.6. The van der Waals surface area contributed by atoms with E-state index in [-0.39, 0.29) is 28.3 Å². The molecule has 6 nitrogen and oxygen atoms in total. The van der Waals surface area contributed by atoms with E-state index in [0.717, 1.165) is 18.4 Å². The van der Waals surface area contributed by atoms with Crippen LogP contribution < -0.4 is 0 Å². The highest BCUT2D eigenvalue weighted by Gasteiger charge is 2.32. The van der Waals surface area contributed by atoms with Gasteiger partial charge in [-0.15, -0.1) is 0 Å². The van der Waals surface area contributed by atoms with E-state index in [0.29, 0.717) is 13.1 Å². The predicted octanol–water partition coefficient (Wildman–Crippen LogP) is 3.34. The Hall–Kier alpha value is -2.19. The minimum Gasteiger partial charge on any atom is -0.455 e. The molecule has 1 atom stereocenters. The molecule has 0 saturated carbocycles. The number of carbonyl (C=O) groups is 1. The molecule has 1 aliphatic heterocycles. The molecule has 27 heavy (non-hydrogen) atoms. The van der Waals surface area contributed by atoms with Crippen LogP contribution in [0.3, 0.4) is 0 Å². The number of nitrogens with zero attached hydrogens (tertiary/aromatic N) is 2. The Morgan fingerprint density at radius 2 is 1.81 bits per heavy atom. The third kappa shape index (κ3) is 3.77. The quantitative estimate of drug-likeness (QED) is 0.780. The normalized spacial score (nSPS) is 16.4. The molecule has 0 N–H and O–H groups in total. The topological polar surface area (TPSA) is 70.8 Å². The molecule has 1 amide bonds. The Morgan fingerprint density at radius 1 is 1.22 bits per heavy atom. The van der Waals surface area contributed by atoms with Crippen LogP contribution in [0.1, 0.15) is 47.7 Å². The van der Waals surface area contributed by atoms with E-state index in [9.17, 15) is 17.6 Å². The van der Waals surface area contributed by atoms with Gasteiger partial charge in [0.05, 0.1) is 6.04 Å². The number of halogens is 1. The van der Waals surface area contributed by atoms with Gasteiger partial charge in [0.1, 0.15) is 16.5 Å². The number of carbonyl (C=O) groups excluding carboxylic acids is 1. The van der Waals surface area contributed by atoms with E-state index in [4.69, 9.17) is 4.42 Å². The van der Waals surface area contributed by atoms with Crippen LogP contribution in [-0.2, 0) is 10.0 Å². The van der Waals surface area contributed by atoms with Crippen LogP contribution in [0, 0.1) is 12.7 Å². The molecule has 2 aromatic rings. The van der Waals surface area contributed by atoms with Crippen molar-refractivity contribution >= 4 is 15.9 Å². The first-order valence-corrected chi connectivity index (χ1v) is 10.3. The molecule has 0 aliphatic carbocycles. The largest absolute Gasteiger partial charge is 0.455 e. The fraction of sp³-hybridized carbons (Fsp3) is 0.421. The summed E-state index contributed by atoms with van der Waals surface area (Å²) in [6, 6.07) is 6.87. The zero-order chi connectivity index (χ0) is 19.8. The second kappa shape index (κ2) is 7.44. The fourth-order valence-corrected chi connectivity index (χ4v) is 4.89. The van der Waals surface area contributed by atoms with Crippen LogP contribution in [-0.4, -0.2) is 43.7 Å². The first kappa shape index (κ1) is 19.6. The van der Waals surface area contributed by atoms with Gasteiger partial charge in [-0.05, 0) is 44.4 Å². The zero-order valence-corrected chi connectivity index (χ0v) is 16.4. The molecule has 146 valence electrons. The Balaban J connectivity index is 1.84. The highest BCUT2D eigenvalue weighted by Crippen LogP contribution is 2.28. The van der Waals surface area contributed by atoms with Gasteiger partial charge >= 0.3 is 0 Å². The summed E-state index contributed by atoms with van der Waals surface area (Å²) in [5, 5.41) is 0. The van der Waals surface area contributed by atoms with Crippen molar-refractivity contribution in [2.24, 2.45) is 0 Å². The number of amides is 1. The SMILES string of the molecule is Cc1oc(C(=O)N(C)C(C)c2ccc(F)cc2)cc1S(=O)(=O)N1CCCC1. The molecule has 1 fully saturated rings. The Morgan fingerprint density at radius 3 is 2.41 bits per heavy atom. The molecule has 3 rings (SSSR count). The maximum absolute atomic E-state index is 13.1. The van der Waals surface area contributed by atoms with Crippen molar-refractivity contribution in [3.05, 3.63) is 53.2 Å². The van der Waals surface area contributed by atoms with Crippen molar-refractivity contribution in [3.63, 3.8) is 0 Å². The highest BCUT2D eigenvalue weighted by molar-refractivity contribution is 7.89. The lowest BCUT2D eigenvalue weighted by atomic mass is 10.1. The minimum absolute atomic E-state index is 0.0262. The summed E-state index contributed by atoms with van der Waals surface area (Å²) < 4.78 is 45.5. The predicted molar refractivity (Wildman–Crippen MR) is 98.3 cm³/mol. The molecule has 1 aromatic carbocycles. The molecule has 2 heterocycles. The summed E-state index contributed by atoms with van der Waals surface area (Å²) >= 11 is 0. The van der Waals surface area contributed by atoms with Gasteiger partial charge in [-0.2, -0.15) is 4.31 Å². The second-order valence-corrected chi connectivity index (χ2v) is 8.69. The molecule has 1 aliphatic rings. The van der Waals surface area contributed by atoms with E-state index in [1.54, 1.807) is 26.1 Å². The van der Waals surface area contributed by atoms with Gasteiger partial charge in [0.25, 0.3) is 5.91 Å². The lowest BCUT2D eigenvalue weighted by molar-refractivity contribution is 0.0709. The molecule has 1 aromatic heterocycles. The van der Waals surface area contributed by atoms with E-state index < -0.39 is 15.9 Å². The lowest BCUT2D eigenvalue weighted by Gasteiger charge is -2.24. The van der Waals surface area contributed by atoms with Gasteiger partial charge in [-0.3, -0.25) is 4.79 Å². The summed E-state index contributed by atoms with van der Waals surface area (Å²) in [4.78, 5) is 14.3. The summed E-state index contributed by atoms with van der Waals surface area (Å²) in [5.41, 5.74) is 0.764. The number of furan rings is 1. The van der Waals surface area contributed by atoms with Crippen LogP contribution in [0.5, 0.6) is 0 Å². The first-order chi connectivity index (χ1) is 12.7. The van der Waals surface area contributed by atoms with Gasteiger partial charge in [0, 0.05) is 26.2 Å². The van der Waals surface area contributed by atoms with Crippen LogP contribution in [0.15, 0.2) is 39.6 Å². The van der Waals surface area contributed by atoms with Gasteiger partial charge in [0.2, 0.25) is 10.0 Å². The third-order valence-corrected chi connectivity index (χ3v) is 7.03. The first-order valence-electron chi connectivity index (χ1n) is 8.85. The maximum atomic E-state index is 13.1. The number of sulfonamides is 1. The average Bonchev–Trinajstić information content (AvgIpc) is 3.31. The van der Waals surface area contributed by atoms with Crippen molar-refractivity contribution in [2.45, 2.75) is 37.6 Å². The number of aryl methyl sites for hydroxylation is 1. The standard InChI is InChI=1S/C19H23FN2O4S/c1-13(15-6-8-16(20)9-7-15)21(3)19(23)17-12-18(14(2)26-17)27(24,25)22-10-4-5-11-22/h6-9,12-13H,4-5,10-11H2,1-3H3. The Labute approximate surface area is 158 Å². The number of benzene rings is 1. The van der Waals surface area contributed by atoms with Gasteiger partial charge in [-0.1, -0.05) is 12.1 Å². The van der Waals surface area contributed by atoms with Crippen LogP contribution in [0.4, 0.5) is 4.39 Å². The molecule has 0 bridgehead atoms. The van der Waals surface area contributed by atoms with Gasteiger partial charge < -0.3 is 9.32 Å². The van der Waals surface area contributed by atoms with Crippen molar-refractivity contribution in [1.29, 1.82) is 0 Å².